The molecule has 4 rings (SSSR count). The Labute approximate surface area is 172 Å². The van der Waals surface area contributed by atoms with Crippen molar-refractivity contribution in [2.75, 3.05) is 24.5 Å². The Bertz CT molecular complexity index is 1030. The Kier molecular flexibility index (Phi) is 5.26. The molecule has 0 bridgehead atoms. The molecule has 0 aliphatic carbocycles. The van der Waals surface area contributed by atoms with Crippen LogP contribution in [0.2, 0.25) is 0 Å². The lowest BCUT2D eigenvalue weighted by Crippen LogP contribution is -2.31. The van der Waals surface area contributed by atoms with Gasteiger partial charge in [0.2, 0.25) is 12.7 Å². The van der Waals surface area contributed by atoms with Crippen LogP contribution in [-0.2, 0) is 9.59 Å². The molecule has 1 N–H and O–H groups in total. The third-order valence-corrected chi connectivity index (χ3v) is 5.37. The van der Waals surface area contributed by atoms with Crippen LogP contribution in [0.5, 0.6) is 11.5 Å². The normalized spacial score (nSPS) is 16.3. The lowest BCUT2D eigenvalue weighted by molar-refractivity contribution is -0.118. The Hall–Kier alpha value is -3.26. The number of fused-ring (bicyclic) bond motifs is 1. The summed E-state index contributed by atoms with van der Waals surface area (Å²) >= 11 is 1.22. The van der Waals surface area contributed by atoms with Crippen molar-refractivity contribution >= 4 is 40.5 Å². The van der Waals surface area contributed by atoms with Crippen LogP contribution < -0.4 is 19.7 Å². The van der Waals surface area contributed by atoms with Gasteiger partial charge in [-0.3, -0.25) is 14.5 Å². The molecule has 8 heteroatoms. The summed E-state index contributed by atoms with van der Waals surface area (Å²) in [4.78, 5) is 30.9. The van der Waals surface area contributed by atoms with E-state index in [1.54, 1.807) is 19.2 Å². The summed E-state index contributed by atoms with van der Waals surface area (Å²) in [6, 6.07) is 13.1. The van der Waals surface area contributed by atoms with Crippen molar-refractivity contribution < 1.29 is 19.1 Å². The lowest BCUT2D eigenvalue weighted by atomic mass is 10.1. The van der Waals surface area contributed by atoms with Gasteiger partial charge in [-0.15, -0.1) is 0 Å². The summed E-state index contributed by atoms with van der Waals surface area (Å²) in [5.74, 6) is 1.10. The maximum Gasteiger partial charge on any atom is 0.283 e. The van der Waals surface area contributed by atoms with Crippen molar-refractivity contribution in [2.45, 2.75) is 6.92 Å². The number of thioether (sulfide) groups is 1. The second-order valence-corrected chi connectivity index (χ2v) is 7.42. The molecule has 0 radical (unpaired) electrons. The third-order valence-electron chi connectivity index (χ3n) is 4.43. The number of aliphatic imine (C=N–C) groups is 1. The monoisotopic (exact) mass is 409 g/mol. The first-order valence-electron chi connectivity index (χ1n) is 8.99. The molecule has 2 aliphatic rings. The standard InChI is InChI=1S/C21H19N3O4S/c1-13-3-6-15(7-4-13)24-20(26)16(23-21(24)29-11-19(25)22-2)9-14-5-8-17-18(10-14)28-12-27-17/h3-10H,11-12H2,1-2H3,(H,22,25)/b16-9-. The average molecular weight is 409 g/mol. The predicted octanol–water partition coefficient (Wildman–Crippen LogP) is 2.95. The minimum atomic E-state index is -0.245. The Balaban J connectivity index is 1.67. The van der Waals surface area contributed by atoms with Crippen LogP contribution >= 0.6 is 11.8 Å². The van der Waals surface area contributed by atoms with Gasteiger partial charge in [0.1, 0.15) is 5.70 Å². The molecule has 29 heavy (non-hydrogen) atoms. The predicted molar refractivity (Wildman–Crippen MR) is 113 cm³/mol. The maximum atomic E-state index is 13.1. The number of rotatable bonds is 4. The van der Waals surface area contributed by atoms with E-state index in [9.17, 15) is 9.59 Å². The molecule has 7 nitrogen and oxygen atoms in total. The number of hydrogen-bond donors (Lipinski definition) is 1. The number of hydrogen-bond acceptors (Lipinski definition) is 6. The average Bonchev–Trinajstić information content (AvgIpc) is 3.31. The number of nitrogens with one attached hydrogen (secondary N) is 1. The zero-order chi connectivity index (χ0) is 20.4. The van der Waals surface area contributed by atoms with E-state index in [1.807, 2.05) is 43.3 Å². The molecule has 0 aromatic heterocycles. The molecule has 0 spiro atoms. The highest BCUT2D eigenvalue weighted by Gasteiger charge is 2.32. The van der Waals surface area contributed by atoms with Gasteiger partial charge in [0, 0.05) is 7.05 Å². The maximum absolute atomic E-state index is 13.1. The molecule has 0 saturated heterocycles. The van der Waals surface area contributed by atoms with Gasteiger partial charge >= 0.3 is 0 Å². The zero-order valence-electron chi connectivity index (χ0n) is 16.0. The van der Waals surface area contributed by atoms with Crippen LogP contribution in [0.1, 0.15) is 11.1 Å². The minimum Gasteiger partial charge on any atom is -0.454 e. The van der Waals surface area contributed by atoms with Gasteiger partial charge in [0.25, 0.3) is 5.91 Å². The molecule has 2 aromatic carbocycles. The van der Waals surface area contributed by atoms with Crippen molar-refractivity contribution in [1.29, 1.82) is 0 Å². The fraction of sp³-hybridized carbons (Fsp3) is 0.190. The molecule has 2 heterocycles. The lowest BCUT2D eigenvalue weighted by Gasteiger charge is -2.17. The molecule has 0 unspecified atom stereocenters. The third kappa shape index (κ3) is 3.97. The van der Waals surface area contributed by atoms with Crippen molar-refractivity contribution in [3.8, 4) is 11.5 Å². The van der Waals surface area contributed by atoms with E-state index in [0.717, 1.165) is 11.1 Å². The molecule has 2 amide bonds. The van der Waals surface area contributed by atoms with E-state index < -0.39 is 0 Å². The number of anilines is 1. The molecule has 0 fully saturated rings. The van der Waals surface area contributed by atoms with Crippen LogP contribution in [0.25, 0.3) is 6.08 Å². The van der Waals surface area contributed by atoms with Crippen molar-refractivity contribution in [3.05, 3.63) is 59.3 Å². The summed E-state index contributed by atoms with van der Waals surface area (Å²) in [6.07, 6.45) is 1.71. The topological polar surface area (TPSA) is 80.2 Å². The van der Waals surface area contributed by atoms with Gasteiger partial charge in [-0.2, -0.15) is 0 Å². The second kappa shape index (κ2) is 8.00. The number of carbonyl (C=O) groups is 2. The number of carbonyl (C=O) groups excluding carboxylic acids is 2. The molecule has 2 aromatic rings. The van der Waals surface area contributed by atoms with Crippen LogP contribution in [0.15, 0.2) is 53.2 Å². The molecular weight excluding hydrogens is 390 g/mol. The van der Waals surface area contributed by atoms with Crippen LogP contribution in [0, 0.1) is 6.92 Å². The second-order valence-electron chi connectivity index (χ2n) is 6.47. The van der Waals surface area contributed by atoms with E-state index in [1.165, 1.54) is 16.7 Å². The van der Waals surface area contributed by atoms with Crippen LogP contribution in [0.3, 0.4) is 0 Å². The van der Waals surface area contributed by atoms with Gasteiger partial charge in [-0.05, 0) is 42.8 Å². The Morgan fingerprint density at radius 3 is 2.72 bits per heavy atom. The quantitative estimate of drug-likeness (QED) is 0.786. The number of nitrogens with zero attached hydrogens (tertiary/aromatic N) is 2. The van der Waals surface area contributed by atoms with Gasteiger partial charge in [-0.1, -0.05) is 35.5 Å². The minimum absolute atomic E-state index is 0.137. The molecule has 0 saturated carbocycles. The first-order valence-corrected chi connectivity index (χ1v) is 9.98. The summed E-state index contributed by atoms with van der Waals surface area (Å²) in [5, 5.41) is 3.05. The smallest absolute Gasteiger partial charge is 0.283 e. The first kappa shape index (κ1) is 19.1. The number of amides is 2. The van der Waals surface area contributed by atoms with Gasteiger partial charge in [0.05, 0.1) is 11.4 Å². The van der Waals surface area contributed by atoms with Crippen molar-refractivity contribution in [1.82, 2.24) is 5.32 Å². The van der Waals surface area contributed by atoms with E-state index >= 15 is 0 Å². The fourth-order valence-corrected chi connectivity index (χ4v) is 3.76. The number of benzene rings is 2. The molecule has 2 aliphatic heterocycles. The van der Waals surface area contributed by atoms with E-state index in [0.29, 0.717) is 28.1 Å². The summed E-state index contributed by atoms with van der Waals surface area (Å²) in [7, 11) is 1.58. The fourth-order valence-electron chi connectivity index (χ4n) is 2.88. The summed E-state index contributed by atoms with van der Waals surface area (Å²) < 4.78 is 10.7. The van der Waals surface area contributed by atoms with Gasteiger partial charge < -0.3 is 14.8 Å². The van der Waals surface area contributed by atoms with E-state index in [-0.39, 0.29) is 24.4 Å². The highest BCUT2D eigenvalue weighted by Crippen LogP contribution is 2.34. The number of aryl methyl sites for hydroxylation is 1. The molecule has 148 valence electrons. The molecular formula is C21H19N3O4S. The molecule has 0 atom stereocenters. The van der Waals surface area contributed by atoms with Crippen molar-refractivity contribution in [2.24, 2.45) is 4.99 Å². The SMILES string of the molecule is CNC(=O)CSC1=N/C(=C\c2ccc3c(c2)OCO3)C(=O)N1c1ccc(C)cc1. The highest BCUT2D eigenvalue weighted by atomic mass is 32.2. The van der Waals surface area contributed by atoms with Crippen LogP contribution in [-0.4, -0.2) is 36.6 Å². The number of amidine groups is 1. The summed E-state index contributed by atoms with van der Waals surface area (Å²) in [5.41, 5.74) is 2.87. The van der Waals surface area contributed by atoms with E-state index in [2.05, 4.69) is 10.3 Å². The Morgan fingerprint density at radius 2 is 1.97 bits per heavy atom. The first-order chi connectivity index (χ1) is 14.0. The van der Waals surface area contributed by atoms with Gasteiger partial charge in [-0.25, -0.2) is 4.99 Å². The number of ether oxygens (including phenoxy) is 2. The van der Waals surface area contributed by atoms with Gasteiger partial charge in [0.15, 0.2) is 16.7 Å². The highest BCUT2D eigenvalue weighted by molar-refractivity contribution is 8.14. The van der Waals surface area contributed by atoms with Crippen molar-refractivity contribution in [3.63, 3.8) is 0 Å². The van der Waals surface area contributed by atoms with E-state index in [4.69, 9.17) is 9.47 Å². The van der Waals surface area contributed by atoms with Crippen LogP contribution in [0.4, 0.5) is 5.69 Å². The summed E-state index contributed by atoms with van der Waals surface area (Å²) in [6.45, 7) is 2.17. The largest absolute Gasteiger partial charge is 0.454 e. The zero-order valence-corrected chi connectivity index (χ0v) is 16.8. The Morgan fingerprint density at radius 1 is 1.21 bits per heavy atom.